The molecule has 8 heteroatoms. The maximum Gasteiger partial charge on any atom is 0.410 e. The maximum absolute atomic E-state index is 12.1. The summed E-state index contributed by atoms with van der Waals surface area (Å²) in [5, 5.41) is 0. The Hall–Kier alpha value is -2.35. The van der Waals surface area contributed by atoms with E-state index in [1.54, 1.807) is 23.2 Å². The molecule has 1 fully saturated rings. The Morgan fingerprint density at radius 2 is 2.07 bits per heavy atom. The molecule has 0 unspecified atom stereocenters. The van der Waals surface area contributed by atoms with E-state index in [0.717, 1.165) is 21.9 Å². The van der Waals surface area contributed by atoms with E-state index in [2.05, 4.69) is 4.99 Å². The van der Waals surface area contributed by atoms with Crippen LogP contribution in [0.2, 0.25) is 0 Å². The van der Waals surface area contributed by atoms with Crippen molar-refractivity contribution in [1.82, 2.24) is 4.90 Å². The van der Waals surface area contributed by atoms with Crippen LogP contribution in [-0.4, -0.2) is 48.1 Å². The Labute approximate surface area is 169 Å². The van der Waals surface area contributed by atoms with Crippen molar-refractivity contribution in [3.8, 4) is 0 Å². The van der Waals surface area contributed by atoms with Crippen LogP contribution < -0.4 is 5.73 Å². The molecule has 1 aromatic rings. The number of hydrogen-bond donors (Lipinski definition) is 1. The van der Waals surface area contributed by atoms with Gasteiger partial charge in [-0.2, -0.15) is 0 Å². The molecule has 0 bridgehead atoms. The first-order valence-electron chi connectivity index (χ1n) is 9.46. The Balaban J connectivity index is 1.64. The zero-order chi connectivity index (χ0) is 20.5. The predicted molar refractivity (Wildman–Crippen MR) is 110 cm³/mol. The number of fused-ring (bicyclic) bond motifs is 1. The van der Waals surface area contributed by atoms with Crippen LogP contribution in [-0.2, 0) is 20.7 Å². The molecule has 2 N–H and O–H groups in total. The molecule has 1 amide bonds. The number of carbonyl (C=O) groups is 2. The van der Waals surface area contributed by atoms with Crippen LogP contribution in [0.5, 0.6) is 0 Å². The lowest BCUT2D eigenvalue weighted by Gasteiger charge is -2.39. The van der Waals surface area contributed by atoms with Crippen LogP contribution in [0.15, 0.2) is 16.6 Å². The van der Waals surface area contributed by atoms with Gasteiger partial charge in [0.2, 0.25) is 0 Å². The average Bonchev–Trinajstić information content (AvgIpc) is 2.81. The van der Waals surface area contributed by atoms with Gasteiger partial charge in [-0.25, -0.2) is 14.6 Å². The molecular weight excluding hydrogens is 378 g/mol. The van der Waals surface area contributed by atoms with Gasteiger partial charge in [0.25, 0.3) is 0 Å². The number of carbonyl (C=O) groups excluding carboxylic acids is 2. The first-order chi connectivity index (χ1) is 13.1. The maximum atomic E-state index is 12.1. The highest BCUT2D eigenvalue weighted by Crippen LogP contribution is 2.36. The number of likely N-dealkylation sites (tertiary alicyclic amines) is 1. The summed E-state index contributed by atoms with van der Waals surface area (Å²) in [5.74, 6) is 0.447. The van der Waals surface area contributed by atoms with Gasteiger partial charge in [-0.1, -0.05) is 0 Å². The highest BCUT2D eigenvalue weighted by atomic mass is 32.1. The van der Waals surface area contributed by atoms with Gasteiger partial charge in [-0.15, -0.1) is 11.3 Å². The molecule has 0 radical (unpaired) electrons. The van der Waals surface area contributed by atoms with Crippen LogP contribution >= 0.6 is 11.3 Å². The third kappa shape index (κ3) is 4.92. The summed E-state index contributed by atoms with van der Waals surface area (Å²) in [6.07, 6.45) is 2.72. The Bertz CT molecular complexity index is 829. The van der Waals surface area contributed by atoms with Gasteiger partial charge in [0, 0.05) is 30.0 Å². The summed E-state index contributed by atoms with van der Waals surface area (Å²) in [6.45, 7) is 9.08. The van der Waals surface area contributed by atoms with Gasteiger partial charge in [-0.05, 0) is 52.2 Å². The minimum absolute atomic E-state index is 0.259. The van der Waals surface area contributed by atoms with E-state index in [9.17, 15) is 9.59 Å². The molecule has 3 heterocycles. The summed E-state index contributed by atoms with van der Waals surface area (Å²) < 4.78 is 10.5. The van der Waals surface area contributed by atoms with Crippen molar-refractivity contribution < 1.29 is 19.1 Å². The number of ether oxygens (including phenoxy) is 2. The van der Waals surface area contributed by atoms with E-state index in [-0.39, 0.29) is 12.1 Å². The molecule has 0 spiro atoms. The topological polar surface area (TPSA) is 94.2 Å². The fourth-order valence-corrected chi connectivity index (χ4v) is 4.33. The molecule has 0 saturated carbocycles. The van der Waals surface area contributed by atoms with Gasteiger partial charge in [-0.3, -0.25) is 0 Å². The summed E-state index contributed by atoms with van der Waals surface area (Å²) in [4.78, 5) is 32.4. The first kappa shape index (κ1) is 20.4. The molecule has 1 aromatic heterocycles. The smallest absolute Gasteiger partial charge is 0.410 e. The van der Waals surface area contributed by atoms with E-state index in [4.69, 9.17) is 15.2 Å². The number of hydrogen-bond acceptors (Lipinski definition) is 7. The first-order valence-corrected chi connectivity index (χ1v) is 10.3. The van der Waals surface area contributed by atoms with Gasteiger partial charge in [0.1, 0.15) is 11.4 Å². The van der Waals surface area contributed by atoms with Crippen LogP contribution in [0.1, 0.15) is 43.9 Å². The fourth-order valence-electron chi connectivity index (χ4n) is 3.15. The second-order valence-corrected chi connectivity index (χ2v) is 9.26. The van der Waals surface area contributed by atoms with E-state index in [1.165, 1.54) is 0 Å². The van der Waals surface area contributed by atoms with Crippen molar-refractivity contribution in [2.24, 2.45) is 16.6 Å². The summed E-state index contributed by atoms with van der Waals surface area (Å²) in [5.41, 5.74) is 6.81. The Morgan fingerprint density at radius 3 is 2.71 bits per heavy atom. The molecule has 0 aliphatic carbocycles. The van der Waals surface area contributed by atoms with Gasteiger partial charge in [0.15, 0.2) is 0 Å². The number of rotatable bonds is 4. The molecule has 0 aromatic carbocycles. The average molecular weight is 406 g/mol. The number of thiophene rings is 1. The van der Waals surface area contributed by atoms with Crippen molar-refractivity contribution in [2.45, 2.75) is 46.1 Å². The van der Waals surface area contributed by atoms with Gasteiger partial charge in [0.05, 0.1) is 17.2 Å². The molecule has 152 valence electrons. The molecule has 3 rings (SSSR count). The second kappa shape index (κ2) is 7.95. The zero-order valence-corrected chi connectivity index (χ0v) is 17.6. The van der Waals surface area contributed by atoms with E-state index in [0.29, 0.717) is 43.4 Å². The van der Waals surface area contributed by atoms with Crippen LogP contribution in [0, 0.1) is 5.92 Å². The molecular formula is C20H27N3O4S. The lowest BCUT2D eigenvalue weighted by atomic mass is 9.96. The number of amides is 1. The molecule has 7 nitrogen and oxygen atoms in total. The van der Waals surface area contributed by atoms with Gasteiger partial charge >= 0.3 is 12.1 Å². The van der Waals surface area contributed by atoms with Gasteiger partial charge < -0.3 is 20.1 Å². The van der Waals surface area contributed by atoms with E-state index >= 15 is 0 Å². The lowest BCUT2D eigenvalue weighted by molar-refractivity contribution is -0.138. The van der Waals surface area contributed by atoms with Crippen molar-refractivity contribution >= 4 is 41.0 Å². The third-order valence-electron chi connectivity index (χ3n) is 4.37. The number of aliphatic imine (C=N–C) groups is 1. The van der Waals surface area contributed by atoms with Crippen LogP contribution in [0.3, 0.4) is 0 Å². The van der Waals surface area contributed by atoms with Crippen molar-refractivity contribution in [3.63, 3.8) is 0 Å². The molecule has 28 heavy (non-hydrogen) atoms. The summed E-state index contributed by atoms with van der Waals surface area (Å²) in [6, 6.07) is 2.02. The monoisotopic (exact) mass is 405 g/mol. The summed E-state index contributed by atoms with van der Waals surface area (Å²) >= 11 is 1.61. The highest BCUT2D eigenvalue weighted by molar-refractivity contribution is 7.13. The van der Waals surface area contributed by atoms with Crippen molar-refractivity contribution in [2.75, 3.05) is 19.7 Å². The minimum atomic E-state index is -0.478. The zero-order valence-electron chi connectivity index (χ0n) is 16.8. The highest BCUT2D eigenvalue weighted by Gasteiger charge is 2.34. The number of amidine groups is 1. The molecule has 1 saturated heterocycles. The quantitative estimate of drug-likeness (QED) is 0.774. The number of nitrogens with zero attached hydrogens (tertiary/aromatic N) is 2. The molecule has 0 atom stereocenters. The number of esters is 1. The number of nitrogens with two attached hydrogens (primary N) is 1. The van der Waals surface area contributed by atoms with Crippen LogP contribution in [0.4, 0.5) is 10.5 Å². The molecule has 2 aliphatic heterocycles. The Kier molecular flexibility index (Phi) is 5.79. The van der Waals surface area contributed by atoms with Crippen molar-refractivity contribution in [1.29, 1.82) is 0 Å². The van der Waals surface area contributed by atoms with Crippen molar-refractivity contribution in [3.05, 3.63) is 21.4 Å². The minimum Gasteiger partial charge on any atom is -0.463 e. The second-order valence-electron chi connectivity index (χ2n) is 8.09. The largest absolute Gasteiger partial charge is 0.463 e. The van der Waals surface area contributed by atoms with Crippen LogP contribution in [0.25, 0.3) is 6.08 Å². The standard InChI is InChI=1S/C20H27N3O4S/c1-5-26-18(24)13-7-16-15(22-17(21)8-13)9-14(28-16)6-12-10-23(11-12)19(25)27-20(2,3)4/h7,9,12H,5-6,8,10-11H2,1-4H3,(H2,21,22). The lowest BCUT2D eigenvalue weighted by Crippen LogP contribution is -2.52. The molecule has 2 aliphatic rings. The predicted octanol–water partition coefficient (Wildman–Crippen LogP) is 3.50. The third-order valence-corrected chi connectivity index (χ3v) is 5.46. The van der Waals surface area contributed by atoms with E-state index in [1.807, 2.05) is 32.9 Å². The van der Waals surface area contributed by atoms with E-state index < -0.39 is 5.60 Å². The fraction of sp³-hybridized carbons (Fsp3) is 0.550. The Morgan fingerprint density at radius 1 is 1.36 bits per heavy atom. The summed E-state index contributed by atoms with van der Waals surface area (Å²) in [7, 11) is 0. The normalized spacial score (nSPS) is 17.1. The SMILES string of the molecule is CCOC(=O)C1=Cc2sc(CC3CN(C(=O)OC(C)(C)C)C3)cc2N=C(N)C1.